The third-order valence-corrected chi connectivity index (χ3v) is 3.64. The summed E-state index contributed by atoms with van der Waals surface area (Å²) in [5, 5.41) is 0. The Morgan fingerprint density at radius 3 is 2.26 bits per heavy atom. The second-order valence-corrected chi connectivity index (χ2v) is 4.75. The van der Waals surface area contributed by atoms with Gasteiger partial charge in [0.1, 0.15) is 11.7 Å². The quantitative estimate of drug-likeness (QED) is 0.762. The summed E-state index contributed by atoms with van der Waals surface area (Å²) in [6, 6.07) is 7.18. The molecular formula is C16H14O3. The Kier molecular flexibility index (Phi) is 2.82. The molecule has 0 amide bonds. The lowest BCUT2D eigenvalue weighted by Gasteiger charge is -2.08. The van der Waals surface area contributed by atoms with E-state index in [0.29, 0.717) is 22.5 Å². The zero-order valence-corrected chi connectivity index (χ0v) is 10.7. The number of fused-ring (bicyclic) bond motifs is 1. The van der Waals surface area contributed by atoms with Gasteiger partial charge in [0.15, 0.2) is 11.6 Å². The fourth-order valence-electron chi connectivity index (χ4n) is 2.70. The van der Waals surface area contributed by atoms with Gasteiger partial charge < -0.3 is 4.74 Å². The first-order valence-electron chi connectivity index (χ1n) is 6.35. The normalized spacial score (nSPS) is 19.0. The van der Waals surface area contributed by atoms with Crippen LogP contribution in [0, 0.1) is 0 Å². The number of hydrogen-bond donors (Lipinski definition) is 0. The van der Waals surface area contributed by atoms with Crippen LogP contribution in [0.15, 0.2) is 47.6 Å². The summed E-state index contributed by atoms with van der Waals surface area (Å²) in [4.78, 5) is 24.8. The fraction of sp³-hybridized carbons (Fsp3) is 0.250. The molecule has 1 aromatic rings. The number of carbonyl (C=O) groups excluding carboxylic acids is 2. The van der Waals surface area contributed by atoms with E-state index >= 15 is 0 Å². The molecule has 0 aliphatic heterocycles. The lowest BCUT2D eigenvalue weighted by molar-refractivity contribution is -0.122. The predicted octanol–water partition coefficient (Wildman–Crippen LogP) is 2.58. The summed E-state index contributed by atoms with van der Waals surface area (Å²) in [6.07, 6.45) is 5.44. The molecule has 2 aliphatic carbocycles. The molecule has 0 saturated heterocycles. The minimum Gasteiger partial charge on any atom is -0.497 e. The number of ether oxygens (including phenoxy) is 1. The smallest absolute Gasteiger partial charge is 0.178 e. The van der Waals surface area contributed by atoms with Crippen LogP contribution in [0.2, 0.25) is 0 Å². The maximum absolute atomic E-state index is 12.4. The summed E-state index contributed by atoms with van der Waals surface area (Å²) in [6.45, 7) is 0. The highest BCUT2D eigenvalue weighted by Crippen LogP contribution is 2.38. The maximum atomic E-state index is 12.4. The molecule has 0 N–H and O–H groups in total. The molecule has 2 aliphatic rings. The van der Waals surface area contributed by atoms with Crippen LogP contribution in [0.25, 0.3) is 0 Å². The van der Waals surface area contributed by atoms with E-state index in [0.717, 1.165) is 12.8 Å². The van der Waals surface area contributed by atoms with Gasteiger partial charge in [-0.05, 0) is 30.5 Å². The third-order valence-electron chi connectivity index (χ3n) is 3.64. The molecular weight excluding hydrogens is 240 g/mol. The van der Waals surface area contributed by atoms with Crippen molar-refractivity contribution in [3.05, 3.63) is 53.1 Å². The van der Waals surface area contributed by atoms with E-state index in [1.165, 1.54) is 0 Å². The molecule has 19 heavy (non-hydrogen) atoms. The first-order valence-corrected chi connectivity index (χ1v) is 6.35. The van der Waals surface area contributed by atoms with E-state index in [-0.39, 0.29) is 11.6 Å². The molecule has 1 fully saturated rings. The lowest BCUT2D eigenvalue weighted by Crippen LogP contribution is -2.12. The monoisotopic (exact) mass is 254 g/mol. The van der Waals surface area contributed by atoms with Gasteiger partial charge in [-0.25, -0.2) is 0 Å². The van der Waals surface area contributed by atoms with E-state index in [4.69, 9.17) is 4.74 Å². The van der Waals surface area contributed by atoms with Gasteiger partial charge in [0.25, 0.3) is 0 Å². The fourth-order valence-corrected chi connectivity index (χ4v) is 2.70. The Labute approximate surface area is 111 Å². The Morgan fingerprint density at radius 1 is 1.05 bits per heavy atom. The molecule has 1 saturated carbocycles. The second-order valence-electron chi connectivity index (χ2n) is 4.75. The highest BCUT2D eigenvalue weighted by atomic mass is 16.5. The summed E-state index contributed by atoms with van der Waals surface area (Å²) in [5.74, 6) is -0.185. The minimum absolute atomic E-state index is 0.0794. The van der Waals surface area contributed by atoms with Gasteiger partial charge in [0.05, 0.1) is 7.11 Å². The molecule has 0 atom stereocenters. The van der Waals surface area contributed by atoms with Crippen molar-refractivity contribution in [3.8, 4) is 5.75 Å². The first-order chi connectivity index (χ1) is 9.22. The number of Topliss-reactive ketones (excluding diaryl/α,β-unsaturated/α-hetero) is 2. The number of allylic oxidation sites excluding steroid dienone is 4. The van der Waals surface area contributed by atoms with Crippen LogP contribution in [-0.2, 0) is 9.59 Å². The van der Waals surface area contributed by atoms with Gasteiger partial charge in [-0.15, -0.1) is 0 Å². The van der Waals surface area contributed by atoms with Crippen molar-refractivity contribution < 1.29 is 14.3 Å². The van der Waals surface area contributed by atoms with Crippen LogP contribution in [0.4, 0.5) is 0 Å². The molecule has 96 valence electrons. The Bertz CT molecular complexity index is 591. The number of hydrogen-bond acceptors (Lipinski definition) is 3. The van der Waals surface area contributed by atoms with Crippen molar-refractivity contribution in [2.45, 2.75) is 18.8 Å². The number of carbonyl (C=O) groups is 2. The van der Waals surface area contributed by atoms with Crippen LogP contribution in [0.1, 0.15) is 24.3 Å². The SMILES string of the molecule is COc1cccc(C2C(=O)C3=CCCC=C3C2=O)c1. The molecule has 3 nitrogen and oxygen atoms in total. The third kappa shape index (κ3) is 1.82. The molecule has 0 unspecified atom stereocenters. The van der Waals surface area contributed by atoms with Crippen LogP contribution in [0.3, 0.4) is 0 Å². The maximum Gasteiger partial charge on any atom is 0.178 e. The molecule has 0 heterocycles. The van der Waals surface area contributed by atoms with E-state index in [1.54, 1.807) is 31.4 Å². The summed E-state index contributed by atoms with van der Waals surface area (Å²) < 4.78 is 5.15. The highest BCUT2D eigenvalue weighted by molar-refractivity contribution is 6.32. The molecule has 1 aromatic carbocycles. The van der Waals surface area contributed by atoms with Crippen molar-refractivity contribution in [3.63, 3.8) is 0 Å². The molecule has 0 bridgehead atoms. The van der Waals surface area contributed by atoms with Gasteiger partial charge >= 0.3 is 0 Å². The molecule has 0 radical (unpaired) electrons. The second kappa shape index (κ2) is 4.50. The average molecular weight is 254 g/mol. The highest BCUT2D eigenvalue weighted by Gasteiger charge is 2.42. The van der Waals surface area contributed by atoms with Crippen molar-refractivity contribution in [2.24, 2.45) is 0 Å². The number of methoxy groups -OCH3 is 1. The molecule has 3 heteroatoms. The lowest BCUT2D eigenvalue weighted by atomic mass is 9.95. The van der Waals surface area contributed by atoms with Gasteiger partial charge in [0, 0.05) is 11.1 Å². The van der Waals surface area contributed by atoms with E-state index < -0.39 is 5.92 Å². The van der Waals surface area contributed by atoms with Crippen LogP contribution < -0.4 is 4.74 Å². The molecule has 0 aromatic heterocycles. The van der Waals surface area contributed by atoms with Crippen molar-refractivity contribution in [2.75, 3.05) is 7.11 Å². The topological polar surface area (TPSA) is 43.4 Å². The molecule has 3 rings (SSSR count). The van der Waals surface area contributed by atoms with Gasteiger partial charge in [0.2, 0.25) is 0 Å². The summed E-state index contributed by atoms with van der Waals surface area (Å²) in [5.41, 5.74) is 1.92. The summed E-state index contributed by atoms with van der Waals surface area (Å²) >= 11 is 0. The van der Waals surface area contributed by atoms with Crippen molar-refractivity contribution in [1.82, 2.24) is 0 Å². The summed E-state index contributed by atoms with van der Waals surface area (Å²) in [7, 11) is 1.57. The predicted molar refractivity (Wildman–Crippen MR) is 71.1 cm³/mol. The van der Waals surface area contributed by atoms with Crippen molar-refractivity contribution >= 4 is 11.6 Å². The van der Waals surface area contributed by atoms with E-state index in [1.807, 2.05) is 12.2 Å². The molecule has 0 spiro atoms. The van der Waals surface area contributed by atoms with E-state index in [2.05, 4.69) is 0 Å². The number of rotatable bonds is 2. The first kappa shape index (κ1) is 11.9. The Morgan fingerprint density at radius 2 is 1.68 bits per heavy atom. The van der Waals surface area contributed by atoms with Crippen molar-refractivity contribution in [1.29, 1.82) is 0 Å². The zero-order valence-electron chi connectivity index (χ0n) is 10.7. The van der Waals surface area contributed by atoms with Crippen LogP contribution in [0.5, 0.6) is 5.75 Å². The Hall–Kier alpha value is -2.16. The minimum atomic E-state index is -0.689. The number of benzene rings is 1. The number of ketones is 2. The zero-order chi connectivity index (χ0) is 13.4. The average Bonchev–Trinajstić information content (AvgIpc) is 2.72. The van der Waals surface area contributed by atoms with Gasteiger partial charge in [-0.1, -0.05) is 24.3 Å². The van der Waals surface area contributed by atoms with Crippen LogP contribution >= 0.6 is 0 Å². The largest absolute Gasteiger partial charge is 0.497 e. The Balaban J connectivity index is 2.06. The standard InChI is InChI=1S/C16H14O3/c1-19-11-6-4-5-10(9-11)14-15(17)12-7-2-3-8-13(12)16(14)18/h4-9,14H,2-3H2,1H3. The van der Waals surface area contributed by atoms with Gasteiger partial charge in [-0.3, -0.25) is 9.59 Å². The van der Waals surface area contributed by atoms with Gasteiger partial charge in [-0.2, -0.15) is 0 Å². The van der Waals surface area contributed by atoms with Crippen LogP contribution in [-0.4, -0.2) is 18.7 Å². The van der Waals surface area contributed by atoms with E-state index in [9.17, 15) is 9.59 Å².